The second kappa shape index (κ2) is 26.2. The zero-order chi connectivity index (χ0) is 57.9. The van der Waals surface area contributed by atoms with E-state index in [4.69, 9.17) is 23.5 Å². The van der Waals surface area contributed by atoms with Gasteiger partial charge < -0.3 is 24.5 Å². The highest BCUT2D eigenvalue weighted by Gasteiger charge is 2.21. The van der Waals surface area contributed by atoms with Crippen molar-refractivity contribution >= 4 is 125 Å². The highest BCUT2D eigenvalue weighted by atomic mass is 15.2. The highest BCUT2D eigenvalue weighted by molar-refractivity contribution is 6.33. The molecule has 0 spiro atoms. The molecule has 0 aliphatic heterocycles. The van der Waals surface area contributed by atoms with E-state index < -0.39 is 0 Å². The van der Waals surface area contributed by atoms with Crippen LogP contribution in [0.3, 0.4) is 0 Å². The average molecular weight is 1080 g/mol. The Balaban J connectivity index is 0.980. The van der Waals surface area contributed by atoms with Crippen molar-refractivity contribution in [3.05, 3.63) is 289 Å². The van der Waals surface area contributed by atoms with Gasteiger partial charge in [-0.25, -0.2) is 0 Å². The Morgan fingerprint density at radius 2 is 0.357 bits per heavy atom. The van der Waals surface area contributed by atoms with E-state index in [2.05, 4.69) is 258 Å². The van der Waals surface area contributed by atoms with E-state index in [0.29, 0.717) is 10.9 Å². The van der Waals surface area contributed by atoms with E-state index >= 15 is 0 Å². The van der Waals surface area contributed by atoms with Crippen LogP contribution in [0.2, 0.25) is 0 Å². The molecule has 84 heavy (non-hydrogen) atoms. The van der Waals surface area contributed by atoms with Gasteiger partial charge in [-0.05, 0) is 233 Å². The molecule has 0 N–H and O–H groups in total. The first-order valence-corrected chi connectivity index (χ1v) is 29.4. The SMILES string of the molecule is [B]c1ccc(N(c2ccc([B])cc2)c2ccc(N(c3ccc(N(c4ccc([B])cc4)c4ccc(CCCC)cc4)cc3)c3ccc(N(c4ccc(C)cc4)c4ccc(N(c5ccc(C)cc5)c5ccc(CCCC)cc5)cc4)cc3)cc2)cc1. The van der Waals surface area contributed by atoms with E-state index in [0.717, 1.165) is 116 Å². The Bertz CT molecular complexity index is 3810. The van der Waals surface area contributed by atoms with E-state index in [1.807, 2.05) is 60.7 Å². The van der Waals surface area contributed by atoms with Crippen molar-refractivity contribution < 1.29 is 0 Å². The summed E-state index contributed by atoms with van der Waals surface area (Å²) >= 11 is 0. The predicted molar refractivity (Wildman–Crippen MR) is 363 cm³/mol. The molecule has 0 bridgehead atoms. The minimum atomic E-state index is 0.704. The maximum Gasteiger partial charge on any atom is 0.113 e. The molecule has 8 heteroatoms. The van der Waals surface area contributed by atoms with Crippen molar-refractivity contribution in [3.8, 4) is 0 Å². The summed E-state index contributed by atoms with van der Waals surface area (Å²) in [6, 6.07) is 95.1. The van der Waals surface area contributed by atoms with Crippen LogP contribution in [0.1, 0.15) is 61.8 Å². The molecule has 11 aromatic rings. The molecule has 0 atom stereocenters. The number of hydrogen-bond acceptors (Lipinski definition) is 5. The monoisotopic (exact) mass is 1080 g/mol. The number of unbranched alkanes of at least 4 members (excludes halogenated alkanes) is 2. The quantitative estimate of drug-likeness (QED) is 0.0665. The molecule has 0 heterocycles. The Labute approximate surface area is 502 Å². The van der Waals surface area contributed by atoms with Crippen LogP contribution in [-0.2, 0) is 12.8 Å². The Morgan fingerprint density at radius 1 is 0.214 bits per heavy atom. The van der Waals surface area contributed by atoms with Crippen LogP contribution in [0.5, 0.6) is 0 Å². The molecule has 11 aromatic carbocycles. The molecule has 0 saturated carbocycles. The lowest BCUT2D eigenvalue weighted by atomic mass is 9.95. The van der Waals surface area contributed by atoms with Crippen molar-refractivity contribution in [1.29, 1.82) is 0 Å². The molecule has 0 saturated heterocycles. The first-order chi connectivity index (χ1) is 41.1. The maximum atomic E-state index is 6.25. The van der Waals surface area contributed by atoms with Crippen molar-refractivity contribution in [2.75, 3.05) is 24.5 Å². The lowest BCUT2D eigenvalue weighted by molar-refractivity contribution is 0.795. The van der Waals surface area contributed by atoms with Gasteiger partial charge in [0.25, 0.3) is 0 Å². The normalized spacial score (nSPS) is 11.0. The van der Waals surface area contributed by atoms with Crippen molar-refractivity contribution in [1.82, 2.24) is 0 Å². The number of nitrogens with zero attached hydrogens (tertiary/aromatic N) is 5. The minimum Gasteiger partial charge on any atom is -0.311 e. The molecule has 6 radical (unpaired) electrons. The van der Waals surface area contributed by atoms with Crippen LogP contribution in [0.15, 0.2) is 267 Å². The lowest BCUT2D eigenvalue weighted by Gasteiger charge is -2.31. The zero-order valence-electron chi connectivity index (χ0n) is 48.6. The summed E-state index contributed by atoms with van der Waals surface area (Å²) < 4.78 is 0. The molecule has 0 aliphatic carbocycles. The van der Waals surface area contributed by atoms with Gasteiger partial charge in [0, 0.05) is 85.3 Å². The van der Waals surface area contributed by atoms with Crippen LogP contribution in [-0.4, -0.2) is 23.5 Å². The van der Waals surface area contributed by atoms with Gasteiger partial charge in [-0.1, -0.05) is 139 Å². The van der Waals surface area contributed by atoms with Crippen molar-refractivity contribution in [3.63, 3.8) is 0 Å². The van der Waals surface area contributed by atoms with Crippen LogP contribution < -0.4 is 40.9 Å². The Kier molecular flexibility index (Phi) is 17.6. The fraction of sp³-hybridized carbons (Fsp3) is 0.132. The van der Waals surface area contributed by atoms with Crippen LogP contribution >= 0.6 is 0 Å². The number of hydrogen-bond donors (Lipinski definition) is 0. The van der Waals surface area contributed by atoms with Crippen LogP contribution in [0.4, 0.5) is 85.3 Å². The van der Waals surface area contributed by atoms with Crippen molar-refractivity contribution in [2.24, 2.45) is 0 Å². The number of anilines is 15. The summed E-state index contributed by atoms with van der Waals surface area (Å²) in [5, 5.41) is 0. The molecule has 0 aliphatic rings. The fourth-order valence-corrected chi connectivity index (χ4v) is 10.9. The molecule has 0 unspecified atom stereocenters. The second-order valence-corrected chi connectivity index (χ2v) is 21.7. The van der Waals surface area contributed by atoms with Gasteiger partial charge in [-0.2, -0.15) is 0 Å². The van der Waals surface area contributed by atoms with Crippen LogP contribution in [0.25, 0.3) is 0 Å². The summed E-state index contributed by atoms with van der Waals surface area (Å²) in [4.78, 5) is 11.5. The Hall–Kier alpha value is -9.39. The third-order valence-corrected chi connectivity index (χ3v) is 15.5. The predicted octanol–water partition coefficient (Wildman–Crippen LogP) is 18.7. The highest BCUT2D eigenvalue weighted by Crippen LogP contribution is 2.44. The van der Waals surface area contributed by atoms with Crippen LogP contribution in [0, 0.1) is 13.8 Å². The van der Waals surface area contributed by atoms with E-state index in [1.54, 1.807) is 0 Å². The third kappa shape index (κ3) is 13.1. The van der Waals surface area contributed by atoms with Gasteiger partial charge in [0.05, 0.1) is 0 Å². The summed E-state index contributed by atoms with van der Waals surface area (Å²) in [5.41, 5.74) is 22.8. The molecule has 11 rings (SSSR count). The summed E-state index contributed by atoms with van der Waals surface area (Å²) in [6.07, 6.45) is 6.83. The van der Waals surface area contributed by atoms with Gasteiger partial charge in [0.1, 0.15) is 23.5 Å². The Morgan fingerprint density at radius 3 is 0.524 bits per heavy atom. The van der Waals surface area contributed by atoms with Gasteiger partial charge in [-0.15, -0.1) is 0 Å². The lowest BCUT2D eigenvalue weighted by Crippen LogP contribution is -2.15. The van der Waals surface area contributed by atoms with Gasteiger partial charge in [0.2, 0.25) is 0 Å². The molecule has 0 amide bonds. The number of aryl methyl sites for hydroxylation is 4. The third-order valence-electron chi connectivity index (χ3n) is 15.5. The largest absolute Gasteiger partial charge is 0.311 e. The summed E-state index contributed by atoms with van der Waals surface area (Å²) in [7, 11) is 18.7. The fourth-order valence-electron chi connectivity index (χ4n) is 10.9. The number of rotatable bonds is 21. The smallest absolute Gasteiger partial charge is 0.113 e. The molecular formula is C76H68B3N5. The molecule has 0 fully saturated rings. The maximum absolute atomic E-state index is 6.25. The molecule has 0 aromatic heterocycles. The summed E-state index contributed by atoms with van der Waals surface area (Å²) in [5.74, 6) is 0. The molecular weight excluding hydrogens is 1020 g/mol. The van der Waals surface area contributed by atoms with Gasteiger partial charge in [-0.3, -0.25) is 0 Å². The van der Waals surface area contributed by atoms with Gasteiger partial charge >= 0.3 is 0 Å². The molecule has 5 nitrogen and oxygen atoms in total. The minimum absolute atomic E-state index is 0.704. The van der Waals surface area contributed by atoms with E-state index in [1.165, 1.54) is 35.1 Å². The summed E-state index contributed by atoms with van der Waals surface area (Å²) in [6.45, 7) is 8.76. The average Bonchev–Trinajstić information content (AvgIpc) is 3.72. The van der Waals surface area contributed by atoms with Crippen molar-refractivity contribution in [2.45, 2.75) is 66.2 Å². The van der Waals surface area contributed by atoms with E-state index in [9.17, 15) is 0 Å². The second-order valence-electron chi connectivity index (χ2n) is 21.7. The van der Waals surface area contributed by atoms with E-state index in [-0.39, 0.29) is 0 Å². The first-order valence-electron chi connectivity index (χ1n) is 29.4. The topological polar surface area (TPSA) is 16.2 Å². The number of benzene rings is 11. The van der Waals surface area contributed by atoms with Gasteiger partial charge in [0.15, 0.2) is 0 Å². The zero-order valence-corrected chi connectivity index (χ0v) is 48.6. The standard InChI is InChI=1S/C76H68B3N5/c1-5-7-9-57-15-29-64(30-16-57)80(62-25-11-55(3)12-26-62)69-39-41-70(42-40-69)81(63-27-13-56(4)14-28-63)71-43-49-74(50-44-71)84(76-53-47-73(48-54-76)83(67-35-21-60(78)22-36-67)68-37-23-61(79)24-38-68)75-51-45-72(46-52-75)82(66-33-19-59(77)20-34-66)65-31-17-58(18-32-65)10-8-6-2/h11-54H,5-10H2,1-4H3. The first kappa shape index (κ1) is 56.5. The molecule has 406 valence electrons.